The van der Waals surface area contributed by atoms with Crippen LogP contribution in [0.1, 0.15) is 30.3 Å². The van der Waals surface area contributed by atoms with Gasteiger partial charge in [0.15, 0.2) is 5.69 Å². The van der Waals surface area contributed by atoms with Gasteiger partial charge in [-0.15, -0.1) is 0 Å². The number of fused-ring (bicyclic) bond motifs is 1. The molecule has 22 heavy (non-hydrogen) atoms. The van der Waals surface area contributed by atoms with Crippen LogP contribution >= 0.6 is 0 Å². The van der Waals surface area contributed by atoms with Crippen molar-refractivity contribution in [2.45, 2.75) is 19.8 Å². The van der Waals surface area contributed by atoms with Crippen LogP contribution in [0, 0.1) is 5.92 Å². The quantitative estimate of drug-likeness (QED) is 0.929. The van der Waals surface area contributed by atoms with Gasteiger partial charge in [-0.25, -0.2) is 4.52 Å². The van der Waals surface area contributed by atoms with E-state index in [4.69, 9.17) is 0 Å². The highest BCUT2D eigenvalue weighted by atomic mass is 16.2. The van der Waals surface area contributed by atoms with Crippen molar-refractivity contribution in [3.05, 3.63) is 36.2 Å². The normalized spacial score (nSPS) is 16.0. The van der Waals surface area contributed by atoms with E-state index in [1.54, 1.807) is 16.8 Å². The number of nitrogens with one attached hydrogen (secondary N) is 1. The van der Waals surface area contributed by atoms with E-state index in [0.29, 0.717) is 11.6 Å². The molecule has 116 valence electrons. The number of hydrogen-bond acceptors (Lipinski definition) is 3. The van der Waals surface area contributed by atoms with E-state index in [1.807, 2.05) is 23.1 Å². The third-order valence-electron chi connectivity index (χ3n) is 4.14. The second kappa shape index (κ2) is 6.17. The Morgan fingerprint density at radius 2 is 2.09 bits per heavy atom. The number of pyridine rings is 1. The second-order valence-corrected chi connectivity index (χ2v) is 5.85. The summed E-state index contributed by atoms with van der Waals surface area (Å²) in [4.78, 5) is 26.0. The minimum Gasteiger partial charge on any atom is -0.342 e. The Labute approximate surface area is 129 Å². The molecule has 1 saturated heterocycles. The van der Waals surface area contributed by atoms with Gasteiger partial charge in [-0.2, -0.15) is 5.10 Å². The molecule has 3 heterocycles. The molecule has 1 fully saturated rings. The van der Waals surface area contributed by atoms with E-state index in [9.17, 15) is 9.59 Å². The van der Waals surface area contributed by atoms with Crippen LogP contribution in [0.25, 0.3) is 5.52 Å². The lowest BCUT2D eigenvalue weighted by atomic mass is 9.99. The number of carbonyl (C=O) groups is 2. The van der Waals surface area contributed by atoms with Gasteiger partial charge in [-0.3, -0.25) is 9.59 Å². The standard InChI is InChI=1S/C16H20N4O2/c1-12-5-8-19(9-6-12)15(21)11-17-16(22)14-10-13-4-2-3-7-20(13)18-14/h2-4,7,10,12H,5-6,8-9,11H2,1H3,(H,17,22). The van der Waals surface area contributed by atoms with Gasteiger partial charge in [0.25, 0.3) is 5.91 Å². The molecule has 2 aromatic heterocycles. The third-order valence-corrected chi connectivity index (χ3v) is 4.14. The van der Waals surface area contributed by atoms with Crippen LogP contribution in [0.15, 0.2) is 30.5 Å². The zero-order chi connectivity index (χ0) is 15.5. The summed E-state index contributed by atoms with van der Waals surface area (Å²) in [5.74, 6) is 0.336. The van der Waals surface area contributed by atoms with Crippen molar-refractivity contribution in [2.75, 3.05) is 19.6 Å². The van der Waals surface area contributed by atoms with Gasteiger partial charge in [0.2, 0.25) is 5.91 Å². The van der Waals surface area contributed by atoms with E-state index in [-0.39, 0.29) is 18.4 Å². The maximum Gasteiger partial charge on any atom is 0.272 e. The lowest BCUT2D eigenvalue weighted by Gasteiger charge is -2.30. The van der Waals surface area contributed by atoms with Crippen LogP contribution in [-0.4, -0.2) is 46.0 Å². The molecule has 2 amide bonds. The highest BCUT2D eigenvalue weighted by molar-refractivity contribution is 5.95. The first kappa shape index (κ1) is 14.6. The molecule has 6 nitrogen and oxygen atoms in total. The molecule has 0 radical (unpaired) electrons. The number of hydrogen-bond donors (Lipinski definition) is 1. The van der Waals surface area contributed by atoms with Gasteiger partial charge in [-0.05, 0) is 37.0 Å². The monoisotopic (exact) mass is 300 g/mol. The summed E-state index contributed by atoms with van der Waals surface area (Å²) in [5, 5.41) is 6.85. The molecule has 0 aromatic carbocycles. The summed E-state index contributed by atoms with van der Waals surface area (Å²) >= 11 is 0. The number of carbonyl (C=O) groups excluding carboxylic acids is 2. The van der Waals surface area contributed by atoms with E-state index >= 15 is 0 Å². The number of amides is 2. The van der Waals surface area contributed by atoms with Gasteiger partial charge in [0.1, 0.15) is 0 Å². The third kappa shape index (κ3) is 3.10. The molecule has 2 aromatic rings. The SMILES string of the molecule is CC1CCN(C(=O)CNC(=O)c2cc3ccccn3n2)CC1. The molecule has 3 rings (SSSR count). The average Bonchev–Trinajstić information content (AvgIpc) is 2.97. The Bertz CT molecular complexity index is 653. The lowest BCUT2D eigenvalue weighted by molar-refractivity contribution is -0.131. The fourth-order valence-corrected chi connectivity index (χ4v) is 2.67. The fraction of sp³-hybridized carbons (Fsp3) is 0.438. The largest absolute Gasteiger partial charge is 0.342 e. The molecule has 1 N–H and O–H groups in total. The maximum absolute atomic E-state index is 12.1. The summed E-state index contributed by atoms with van der Waals surface area (Å²) in [5.41, 5.74) is 1.18. The first-order chi connectivity index (χ1) is 10.6. The van der Waals surface area contributed by atoms with Crippen LogP contribution in [0.2, 0.25) is 0 Å². The molecule has 0 atom stereocenters. The first-order valence-corrected chi connectivity index (χ1v) is 7.64. The summed E-state index contributed by atoms with van der Waals surface area (Å²) in [6.07, 6.45) is 3.85. The van der Waals surface area contributed by atoms with Crippen molar-refractivity contribution in [2.24, 2.45) is 5.92 Å². The van der Waals surface area contributed by atoms with Crippen molar-refractivity contribution in [1.29, 1.82) is 0 Å². The van der Waals surface area contributed by atoms with Gasteiger partial charge < -0.3 is 10.2 Å². The Kier molecular flexibility index (Phi) is 4.09. The van der Waals surface area contributed by atoms with Crippen LogP contribution in [0.4, 0.5) is 0 Å². The van der Waals surface area contributed by atoms with E-state index < -0.39 is 0 Å². The fourth-order valence-electron chi connectivity index (χ4n) is 2.67. The second-order valence-electron chi connectivity index (χ2n) is 5.85. The van der Waals surface area contributed by atoms with Gasteiger partial charge >= 0.3 is 0 Å². The van der Waals surface area contributed by atoms with Crippen LogP contribution < -0.4 is 5.32 Å². The summed E-state index contributed by atoms with van der Waals surface area (Å²) < 4.78 is 1.64. The summed E-state index contributed by atoms with van der Waals surface area (Å²) in [7, 11) is 0. The van der Waals surface area contributed by atoms with E-state index in [1.165, 1.54) is 0 Å². The lowest BCUT2D eigenvalue weighted by Crippen LogP contribution is -2.43. The smallest absolute Gasteiger partial charge is 0.272 e. The van der Waals surface area contributed by atoms with Crippen molar-refractivity contribution in [3.8, 4) is 0 Å². The van der Waals surface area contributed by atoms with Crippen LogP contribution in [-0.2, 0) is 4.79 Å². The Hall–Kier alpha value is -2.37. The van der Waals surface area contributed by atoms with E-state index in [2.05, 4.69) is 17.3 Å². The highest BCUT2D eigenvalue weighted by Gasteiger charge is 2.21. The Morgan fingerprint density at radius 1 is 1.32 bits per heavy atom. The number of rotatable bonds is 3. The molecule has 1 aliphatic rings. The first-order valence-electron chi connectivity index (χ1n) is 7.64. The maximum atomic E-state index is 12.1. The molecule has 0 spiro atoms. The van der Waals surface area contributed by atoms with Crippen molar-refractivity contribution >= 4 is 17.3 Å². The molecule has 0 aliphatic carbocycles. The van der Waals surface area contributed by atoms with Gasteiger partial charge in [0, 0.05) is 19.3 Å². The molecule has 6 heteroatoms. The minimum absolute atomic E-state index is 0.0241. The predicted octanol–water partition coefficient (Wildman–Crippen LogP) is 1.32. The Morgan fingerprint density at radius 3 is 2.82 bits per heavy atom. The molecule has 0 saturated carbocycles. The van der Waals surface area contributed by atoms with Gasteiger partial charge in [0.05, 0.1) is 12.1 Å². The van der Waals surface area contributed by atoms with Crippen LogP contribution in [0.3, 0.4) is 0 Å². The zero-order valence-electron chi connectivity index (χ0n) is 12.7. The zero-order valence-corrected chi connectivity index (χ0v) is 12.7. The van der Waals surface area contributed by atoms with Crippen molar-refractivity contribution in [1.82, 2.24) is 19.8 Å². The summed E-state index contributed by atoms with van der Waals surface area (Å²) in [6, 6.07) is 7.33. The van der Waals surface area contributed by atoms with Crippen molar-refractivity contribution in [3.63, 3.8) is 0 Å². The number of piperidine rings is 1. The van der Waals surface area contributed by atoms with E-state index in [0.717, 1.165) is 31.4 Å². The predicted molar refractivity (Wildman–Crippen MR) is 82.5 cm³/mol. The molecular formula is C16H20N4O2. The highest BCUT2D eigenvalue weighted by Crippen LogP contribution is 2.15. The summed E-state index contributed by atoms with van der Waals surface area (Å²) in [6.45, 7) is 3.79. The average molecular weight is 300 g/mol. The number of likely N-dealkylation sites (tertiary alicyclic amines) is 1. The number of nitrogens with zero attached hydrogens (tertiary/aromatic N) is 3. The molecular weight excluding hydrogens is 280 g/mol. The molecule has 0 bridgehead atoms. The van der Waals surface area contributed by atoms with Gasteiger partial charge in [-0.1, -0.05) is 13.0 Å². The van der Waals surface area contributed by atoms with Crippen molar-refractivity contribution < 1.29 is 9.59 Å². The Balaban J connectivity index is 1.56. The molecule has 1 aliphatic heterocycles. The number of aromatic nitrogens is 2. The topological polar surface area (TPSA) is 66.7 Å². The molecule has 0 unspecified atom stereocenters. The van der Waals surface area contributed by atoms with Crippen LogP contribution in [0.5, 0.6) is 0 Å². The minimum atomic E-state index is -0.317.